The molecular formula is C13H20BrNS. The summed E-state index contributed by atoms with van der Waals surface area (Å²) < 4.78 is 1.30. The van der Waals surface area contributed by atoms with Gasteiger partial charge >= 0.3 is 0 Å². The molecule has 2 rings (SSSR count). The monoisotopic (exact) mass is 301 g/mol. The van der Waals surface area contributed by atoms with Crippen molar-refractivity contribution in [2.75, 3.05) is 6.54 Å². The largest absolute Gasteiger partial charge is 0.314 e. The highest BCUT2D eigenvalue weighted by Crippen LogP contribution is 2.52. The third-order valence-corrected chi connectivity index (χ3v) is 5.64. The molecular weight excluding hydrogens is 282 g/mol. The molecule has 1 nitrogen and oxygen atoms in total. The second kappa shape index (κ2) is 5.19. The van der Waals surface area contributed by atoms with E-state index in [1.54, 1.807) is 0 Å². The fraction of sp³-hybridized carbons (Fsp3) is 0.692. The van der Waals surface area contributed by atoms with E-state index in [9.17, 15) is 0 Å². The maximum Gasteiger partial charge on any atom is 0.0314 e. The second-order valence-electron chi connectivity index (χ2n) is 4.91. The lowest BCUT2D eigenvalue weighted by molar-refractivity contribution is 0.352. The molecule has 90 valence electrons. The molecule has 0 radical (unpaired) electrons. The molecule has 3 heteroatoms. The minimum absolute atomic E-state index is 0.544. The van der Waals surface area contributed by atoms with Crippen molar-refractivity contribution in [1.29, 1.82) is 0 Å². The maximum absolute atomic E-state index is 3.66. The first kappa shape index (κ1) is 12.6. The number of thiophene rings is 1. The Bertz CT molecular complexity index is 343. The molecule has 1 aliphatic carbocycles. The smallest absolute Gasteiger partial charge is 0.0314 e. The summed E-state index contributed by atoms with van der Waals surface area (Å²) in [4.78, 5) is 1.52. The predicted molar refractivity (Wildman–Crippen MR) is 75.1 cm³/mol. The predicted octanol–water partition coefficient (Wildman–Crippen LogP) is 4.22. The van der Waals surface area contributed by atoms with Gasteiger partial charge in [-0.25, -0.2) is 0 Å². The Hall–Kier alpha value is 0.140. The lowest BCUT2D eigenvalue weighted by Crippen LogP contribution is -2.36. The fourth-order valence-corrected chi connectivity index (χ4v) is 3.92. The molecule has 1 aliphatic rings. The summed E-state index contributed by atoms with van der Waals surface area (Å²) >= 11 is 5.52. The van der Waals surface area contributed by atoms with Crippen LogP contribution in [0.5, 0.6) is 0 Å². The summed E-state index contributed by atoms with van der Waals surface area (Å²) in [6, 6.07) is 2.82. The van der Waals surface area contributed by atoms with E-state index in [0.717, 1.165) is 6.54 Å². The number of halogens is 1. The summed E-state index contributed by atoms with van der Waals surface area (Å²) in [6.45, 7) is 5.73. The third-order valence-electron chi connectivity index (χ3n) is 3.71. The number of nitrogens with one attached hydrogen (secondary N) is 1. The second-order valence-corrected chi connectivity index (χ2v) is 6.76. The standard InChI is InChI=1S/C13H20BrNS/c1-3-7-15-10(2)13(5-6-13)9-12-11(14)4-8-16-12/h4,8,10,15H,3,5-7,9H2,1-2H3. The van der Waals surface area contributed by atoms with Crippen LogP contribution < -0.4 is 5.32 Å². The Morgan fingerprint density at radius 1 is 1.56 bits per heavy atom. The van der Waals surface area contributed by atoms with Crippen molar-refractivity contribution in [3.63, 3.8) is 0 Å². The van der Waals surface area contributed by atoms with Crippen molar-refractivity contribution in [2.24, 2.45) is 5.41 Å². The van der Waals surface area contributed by atoms with Gasteiger partial charge in [0.1, 0.15) is 0 Å². The van der Waals surface area contributed by atoms with E-state index < -0.39 is 0 Å². The van der Waals surface area contributed by atoms with Gasteiger partial charge < -0.3 is 5.32 Å². The molecule has 1 aromatic rings. The average molecular weight is 302 g/mol. The Morgan fingerprint density at radius 3 is 2.81 bits per heavy atom. The molecule has 1 fully saturated rings. The van der Waals surface area contributed by atoms with Crippen molar-refractivity contribution >= 4 is 27.3 Å². The van der Waals surface area contributed by atoms with Gasteiger partial charge in [0.2, 0.25) is 0 Å². The molecule has 0 spiro atoms. The van der Waals surface area contributed by atoms with Gasteiger partial charge in [-0.2, -0.15) is 0 Å². The number of hydrogen-bond donors (Lipinski definition) is 1. The van der Waals surface area contributed by atoms with Gasteiger partial charge in [-0.15, -0.1) is 11.3 Å². The topological polar surface area (TPSA) is 12.0 Å². The first-order valence-electron chi connectivity index (χ1n) is 6.13. The summed E-state index contributed by atoms with van der Waals surface area (Å²) in [5.41, 5.74) is 0.544. The molecule has 1 N–H and O–H groups in total. The highest BCUT2D eigenvalue weighted by molar-refractivity contribution is 9.10. The van der Waals surface area contributed by atoms with Crippen LogP contribution in [0.3, 0.4) is 0 Å². The minimum Gasteiger partial charge on any atom is -0.314 e. The van der Waals surface area contributed by atoms with E-state index in [4.69, 9.17) is 0 Å². The Labute approximate surface area is 111 Å². The van der Waals surface area contributed by atoms with Gasteiger partial charge in [-0.1, -0.05) is 6.92 Å². The molecule has 0 saturated heterocycles. The van der Waals surface area contributed by atoms with E-state index in [-0.39, 0.29) is 0 Å². The normalized spacial score (nSPS) is 19.7. The van der Waals surface area contributed by atoms with Crippen LogP contribution in [0.1, 0.15) is 38.0 Å². The van der Waals surface area contributed by atoms with E-state index >= 15 is 0 Å². The SMILES string of the molecule is CCCNC(C)C1(Cc2sccc2Br)CC1. The molecule has 16 heavy (non-hydrogen) atoms. The number of rotatable bonds is 6. The zero-order valence-corrected chi connectivity index (χ0v) is 12.5. The summed E-state index contributed by atoms with van der Waals surface area (Å²) in [7, 11) is 0. The molecule has 0 aliphatic heterocycles. The van der Waals surface area contributed by atoms with Gasteiger partial charge in [0.15, 0.2) is 0 Å². The molecule has 1 atom stereocenters. The number of hydrogen-bond acceptors (Lipinski definition) is 2. The van der Waals surface area contributed by atoms with Gasteiger partial charge in [0.25, 0.3) is 0 Å². The van der Waals surface area contributed by atoms with Gasteiger partial charge in [-0.05, 0) is 71.9 Å². The summed E-state index contributed by atoms with van der Waals surface area (Å²) in [5, 5.41) is 5.84. The van der Waals surface area contributed by atoms with Crippen molar-refractivity contribution < 1.29 is 0 Å². The quantitative estimate of drug-likeness (QED) is 0.829. The van der Waals surface area contributed by atoms with E-state index in [1.165, 1.54) is 35.0 Å². The summed E-state index contributed by atoms with van der Waals surface area (Å²) in [5.74, 6) is 0. The molecule has 1 saturated carbocycles. The van der Waals surface area contributed by atoms with Gasteiger partial charge in [-0.3, -0.25) is 0 Å². The maximum atomic E-state index is 3.66. The van der Waals surface area contributed by atoms with Crippen LogP contribution in [0.15, 0.2) is 15.9 Å². The Kier molecular flexibility index (Phi) is 4.09. The third kappa shape index (κ3) is 2.69. The first-order valence-corrected chi connectivity index (χ1v) is 7.80. The van der Waals surface area contributed by atoms with Crippen LogP contribution in [0.25, 0.3) is 0 Å². The first-order chi connectivity index (χ1) is 7.68. The molecule has 1 aromatic heterocycles. The average Bonchev–Trinajstić information content (AvgIpc) is 2.95. The molecule has 1 unspecified atom stereocenters. The van der Waals surface area contributed by atoms with Crippen LogP contribution in [0.4, 0.5) is 0 Å². The van der Waals surface area contributed by atoms with Crippen molar-refractivity contribution in [3.05, 3.63) is 20.8 Å². The highest BCUT2D eigenvalue weighted by Gasteiger charge is 2.47. The summed E-state index contributed by atoms with van der Waals surface area (Å²) in [6.07, 6.45) is 5.23. The van der Waals surface area contributed by atoms with Crippen LogP contribution >= 0.6 is 27.3 Å². The Balaban J connectivity index is 1.95. The fourth-order valence-electron chi connectivity index (χ4n) is 2.27. The molecule has 0 bridgehead atoms. The van der Waals surface area contributed by atoms with Crippen LogP contribution in [0.2, 0.25) is 0 Å². The van der Waals surface area contributed by atoms with Crippen molar-refractivity contribution in [2.45, 2.75) is 45.6 Å². The van der Waals surface area contributed by atoms with Crippen LogP contribution in [0, 0.1) is 5.41 Å². The molecule has 1 heterocycles. The molecule has 0 aromatic carbocycles. The Morgan fingerprint density at radius 2 is 2.31 bits per heavy atom. The van der Waals surface area contributed by atoms with Crippen LogP contribution in [-0.2, 0) is 6.42 Å². The van der Waals surface area contributed by atoms with E-state index in [1.807, 2.05) is 11.3 Å². The van der Waals surface area contributed by atoms with Crippen LogP contribution in [-0.4, -0.2) is 12.6 Å². The van der Waals surface area contributed by atoms with E-state index in [2.05, 4.69) is 46.5 Å². The zero-order chi connectivity index (χ0) is 11.6. The zero-order valence-electron chi connectivity index (χ0n) is 10.1. The molecule has 0 amide bonds. The van der Waals surface area contributed by atoms with Crippen molar-refractivity contribution in [1.82, 2.24) is 5.32 Å². The lowest BCUT2D eigenvalue weighted by Gasteiger charge is -2.24. The van der Waals surface area contributed by atoms with E-state index in [0.29, 0.717) is 11.5 Å². The van der Waals surface area contributed by atoms with Crippen molar-refractivity contribution in [3.8, 4) is 0 Å². The highest BCUT2D eigenvalue weighted by atomic mass is 79.9. The lowest BCUT2D eigenvalue weighted by atomic mass is 9.93. The van der Waals surface area contributed by atoms with Gasteiger partial charge in [0, 0.05) is 15.4 Å². The minimum atomic E-state index is 0.544. The van der Waals surface area contributed by atoms with Gasteiger partial charge in [0.05, 0.1) is 0 Å².